The molecule has 5 nitrogen and oxygen atoms in total. The van der Waals surface area contributed by atoms with Gasteiger partial charge in [0.2, 0.25) is 0 Å². The van der Waals surface area contributed by atoms with E-state index in [2.05, 4.69) is 4.98 Å². The average molecular weight is 234 g/mol. The number of nitriles is 1. The van der Waals surface area contributed by atoms with E-state index in [1.165, 1.54) is 6.20 Å². The van der Waals surface area contributed by atoms with Gasteiger partial charge in [-0.1, -0.05) is 12.1 Å². The molecule has 0 fully saturated rings. The van der Waals surface area contributed by atoms with Crippen LogP contribution in [0.5, 0.6) is 5.75 Å². The van der Waals surface area contributed by atoms with E-state index in [0.29, 0.717) is 10.8 Å². The Bertz CT molecular complexity index is 607. The summed E-state index contributed by atoms with van der Waals surface area (Å²) in [6, 6.07) is 8.51. The van der Waals surface area contributed by atoms with E-state index in [9.17, 15) is 4.57 Å². The molecule has 0 radical (unpaired) electrons. The highest BCUT2D eigenvalue weighted by Gasteiger charge is 2.07. The smallest absolute Gasteiger partial charge is 0.365 e. The predicted octanol–water partition coefficient (Wildman–Crippen LogP) is 1.87. The molecule has 0 amide bonds. The first kappa shape index (κ1) is 10.6. The topological polar surface area (TPSA) is 83.2 Å². The quantitative estimate of drug-likeness (QED) is 0.802. The lowest BCUT2D eigenvalue weighted by atomic mass is 10.1. The fourth-order valence-electron chi connectivity index (χ4n) is 1.45. The van der Waals surface area contributed by atoms with E-state index >= 15 is 0 Å². The van der Waals surface area contributed by atoms with Gasteiger partial charge in [0.05, 0.1) is 0 Å². The first-order valence-electron chi connectivity index (χ1n) is 4.41. The molecule has 0 saturated carbocycles. The van der Waals surface area contributed by atoms with Gasteiger partial charge in [-0.3, -0.25) is 0 Å². The zero-order valence-electron chi connectivity index (χ0n) is 8.04. The third kappa shape index (κ3) is 1.89. The molecule has 6 heteroatoms. The minimum Gasteiger partial charge on any atom is -0.426 e. The van der Waals surface area contributed by atoms with Crippen molar-refractivity contribution in [3.63, 3.8) is 0 Å². The van der Waals surface area contributed by atoms with Crippen LogP contribution in [-0.4, -0.2) is 9.88 Å². The number of hydrogen-bond acceptors (Lipinski definition) is 4. The second-order valence-electron chi connectivity index (χ2n) is 2.99. The molecule has 1 heterocycles. The van der Waals surface area contributed by atoms with Gasteiger partial charge in [-0.25, -0.2) is 9.55 Å². The van der Waals surface area contributed by atoms with Crippen molar-refractivity contribution in [1.82, 2.24) is 4.98 Å². The van der Waals surface area contributed by atoms with Crippen molar-refractivity contribution in [3.05, 3.63) is 36.2 Å². The van der Waals surface area contributed by atoms with Crippen LogP contribution in [0.2, 0.25) is 0 Å². The van der Waals surface area contributed by atoms with Crippen molar-refractivity contribution in [2.45, 2.75) is 0 Å². The molecule has 0 aliphatic carbocycles. The Balaban J connectivity index is 2.70. The van der Waals surface area contributed by atoms with Gasteiger partial charge in [-0.05, 0) is 12.1 Å². The first-order chi connectivity index (χ1) is 7.72. The van der Waals surface area contributed by atoms with Gasteiger partial charge in [-0.15, -0.1) is 0 Å². The molecule has 0 saturated heterocycles. The van der Waals surface area contributed by atoms with Crippen LogP contribution >= 0.6 is 8.25 Å². The lowest BCUT2D eigenvalue weighted by Gasteiger charge is -2.06. The minimum atomic E-state index is -3.05. The zero-order valence-corrected chi connectivity index (χ0v) is 9.04. The first-order valence-corrected chi connectivity index (χ1v) is 5.67. The Labute approximate surface area is 91.9 Å². The lowest BCUT2D eigenvalue weighted by molar-refractivity contribution is 0.412. The highest BCUT2D eigenvalue weighted by atomic mass is 31.1. The van der Waals surface area contributed by atoms with Crippen molar-refractivity contribution in [2.24, 2.45) is 0 Å². The largest absolute Gasteiger partial charge is 0.426 e. The summed E-state index contributed by atoms with van der Waals surface area (Å²) in [5, 5.41) is 10.1. The van der Waals surface area contributed by atoms with E-state index in [1.54, 1.807) is 24.3 Å². The normalized spacial score (nSPS) is 12.0. The minimum absolute atomic E-state index is 0.264. The van der Waals surface area contributed by atoms with E-state index in [1.807, 2.05) is 6.07 Å². The molecular formula is C10H7N2O3P. The van der Waals surface area contributed by atoms with Crippen LogP contribution in [0.1, 0.15) is 5.69 Å². The van der Waals surface area contributed by atoms with E-state index < -0.39 is 8.25 Å². The molecule has 2 aromatic rings. The summed E-state index contributed by atoms with van der Waals surface area (Å²) in [5.41, 5.74) is 0.264. The molecule has 0 aliphatic heterocycles. The fourth-order valence-corrected chi connectivity index (χ4v) is 1.82. The second-order valence-corrected chi connectivity index (χ2v) is 3.73. The van der Waals surface area contributed by atoms with Crippen LogP contribution in [0.3, 0.4) is 0 Å². The van der Waals surface area contributed by atoms with Gasteiger partial charge in [0.15, 0.2) is 0 Å². The van der Waals surface area contributed by atoms with Crippen LogP contribution in [0, 0.1) is 11.3 Å². The third-order valence-electron chi connectivity index (χ3n) is 2.07. The van der Waals surface area contributed by atoms with Crippen LogP contribution in [0.4, 0.5) is 0 Å². The second kappa shape index (κ2) is 4.31. The van der Waals surface area contributed by atoms with Crippen LogP contribution in [0.15, 0.2) is 30.5 Å². The molecule has 80 valence electrons. The Morgan fingerprint density at radius 3 is 2.88 bits per heavy atom. The highest BCUT2D eigenvalue weighted by molar-refractivity contribution is 7.32. The lowest BCUT2D eigenvalue weighted by Crippen LogP contribution is -1.87. The molecule has 1 atom stereocenters. The molecule has 1 aromatic heterocycles. The Morgan fingerprint density at radius 1 is 1.38 bits per heavy atom. The molecule has 0 spiro atoms. The van der Waals surface area contributed by atoms with E-state index in [-0.39, 0.29) is 11.4 Å². The summed E-state index contributed by atoms with van der Waals surface area (Å²) in [4.78, 5) is 12.6. The molecular weight excluding hydrogens is 227 g/mol. The van der Waals surface area contributed by atoms with Crippen molar-refractivity contribution >= 4 is 19.0 Å². The molecule has 1 N–H and O–H groups in total. The average Bonchev–Trinajstić information content (AvgIpc) is 2.28. The fraction of sp³-hybridized carbons (Fsp3) is 0. The molecule has 1 aromatic carbocycles. The Kier molecular flexibility index (Phi) is 2.86. The number of fused-ring (bicyclic) bond motifs is 1. The van der Waals surface area contributed by atoms with Crippen molar-refractivity contribution < 1.29 is 14.0 Å². The van der Waals surface area contributed by atoms with Gasteiger partial charge >= 0.3 is 8.25 Å². The summed E-state index contributed by atoms with van der Waals surface area (Å²) >= 11 is 0. The maximum absolute atomic E-state index is 10.6. The molecule has 16 heavy (non-hydrogen) atoms. The van der Waals surface area contributed by atoms with Crippen molar-refractivity contribution in [2.75, 3.05) is 0 Å². The van der Waals surface area contributed by atoms with Gasteiger partial charge in [0.1, 0.15) is 17.5 Å². The standard InChI is InChI=1S/C10H7N2O3P/c11-6-9-7-2-1-3-10(15-16(13)14)8(7)4-5-12-9/h1-5,16H,(H,13,14). The Hall–Kier alpha value is -1.89. The van der Waals surface area contributed by atoms with E-state index in [4.69, 9.17) is 14.7 Å². The zero-order chi connectivity index (χ0) is 11.5. The monoisotopic (exact) mass is 234 g/mol. The molecule has 0 aliphatic rings. The highest BCUT2D eigenvalue weighted by Crippen LogP contribution is 2.31. The molecule has 0 bridgehead atoms. The van der Waals surface area contributed by atoms with Gasteiger partial charge < -0.3 is 9.42 Å². The molecule has 2 rings (SSSR count). The SMILES string of the molecule is N#Cc1nccc2c(O[PH](=O)O)cccc12. The number of nitrogens with zero attached hydrogens (tertiary/aromatic N) is 2. The third-order valence-corrected chi connectivity index (χ3v) is 2.46. The number of hydrogen-bond donors (Lipinski definition) is 1. The van der Waals surface area contributed by atoms with Crippen LogP contribution in [0.25, 0.3) is 10.8 Å². The maximum atomic E-state index is 10.6. The van der Waals surface area contributed by atoms with Gasteiger partial charge in [-0.2, -0.15) is 5.26 Å². The number of rotatable bonds is 2. The summed E-state index contributed by atoms with van der Waals surface area (Å²) in [6.45, 7) is 0. The maximum Gasteiger partial charge on any atom is 0.365 e. The van der Waals surface area contributed by atoms with E-state index in [0.717, 1.165) is 0 Å². The van der Waals surface area contributed by atoms with Crippen LogP contribution < -0.4 is 4.52 Å². The predicted molar refractivity (Wildman–Crippen MR) is 58.3 cm³/mol. The van der Waals surface area contributed by atoms with Gasteiger partial charge in [0.25, 0.3) is 0 Å². The summed E-state index contributed by atoms with van der Waals surface area (Å²) in [5.74, 6) is 0.280. The Morgan fingerprint density at radius 2 is 2.19 bits per heavy atom. The summed E-state index contributed by atoms with van der Waals surface area (Å²) in [7, 11) is -3.05. The van der Waals surface area contributed by atoms with Crippen molar-refractivity contribution in [3.8, 4) is 11.8 Å². The summed E-state index contributed by atoms with van der Waals surface area (Å²) < 4.78 is 15.4. The van der Waals surface area contributed by atoms with Crippen molar-refractivity contribution in [1.29, 1.82) is 5.26 Å². The van der Waals surface area contributed by atoms with Gasteiger partial charge in [0, 0.05) is 17.0 Å². The number of benzene rings is 1. The van der Waals surface area contributed by atoms with Crippen LogP contribution in [-0.2, 0) is 4.57 Å². The number of pyridine rings is 1. The number of aromatic nitrogens is 1. The molecule has 1 unspecified atom stereocenters. The summed E-state index contributed by atoms with van der Waals surface area (Å²) in [6.07, 6.45) is 1.46.